The Bertz CT molecular complexity index is 1050. The Balaban J connectivity index is 1.29. The number of carbonyl (C=O) groups excluding carboxylic acids is 1. The van der Waals surface area contributed by atoms with E-state index in [-0.39, 0.29) is 28.7 Å². The van der Waals surface area contributed by atoms with E-state index in [0.717, 1.165) is 16.4 Å². The van der Waals surface area contributed by atoms with E-state index in [1.807, 2.05) is 36.4 Å². The number of halogens is 1. The molecule has 2 N–H and O–H groups in total. The Hall–Kier alpha value is -2.03. The number of carbonyl (C=O) groups is 1. The zero-order chi connectivity index (χ0) is 20.4. The van der Waals surface area contributed by atoms with Crippen LogP contribution in [0.25, 0.3) is 0 Å². The lowest BCUT2D eigenvalue weighted by molar-refractivity contribution is 0.0954. The van der Waals surface area contributed by atoms with Crippen LogP contribution in [0.2, 0.25) is 5.02 Å². The predicted octanol–water partition coefficient (Wildman–Crippen LogP) is 2.99. The monoisotopic (exact) mass is 449 g/mol. The summed E-state index contributed by atoms with van der Waals surface area (Å²) in [4.78, 5) is 16.8. The van der Waals surface area contributed by atoms with E-state index in [2.05, 4.69) is 15.6 Å². The number of benzene rings is 2. The van der Waals surface area contributed by atoms with Gasteiger partial charge in [0, 0.05) is 28.1 Å². The molecule has 0 bridgehead atoms. The van der Waals surface area contributed by atoms with Gasteiger partial charge < -0.3 is 10.6 Å². The van der Waals surface area contributed by atoms with E-state index < -0.39 is 9.84 Å². The van der Waals surface area contributed by atoms with Gasteiger partial charge in [0.1, 0.15) is 0 Å². The van der Waals surface area contributed by atoms with Crippen LogP contribution in [0.4, 0.5) is 5.69 Å². The maximum atomic E-state index is 12.3. The fraction of sp³-hybridized carbons (Fsp3) is 0.300. The van der Waals surface area contributed by atoms with Crippen molar-refractivity contribution in [1.82, 2.24) is 5.32 Å². The molecule has 0 aromatic heterocycles. The third kappa shape index (κ3) is 4.94. The van der Waals surface area contributed by atoms with Gasteiger partial charge in [-0.3, -0.25) is 9.79 Å². The number of nitrogens with one attached hydrogen (secondary N) is 2. The van der Waals surface area contributed by atoms with E-state index in [1.54, 1.807) is 12.1 Å². The van der Waals surface area contributed by atoms with Crippen molar-refractivity contribution < 1.29 is 13.2 Å². The summed E-state index contributed by atoms with van der Waals surface area (Å²) in [5, 5.41) is 7.54. The van der Waals surface area contributed by atoms with Crippen molar-refractivity contribution in [1.29, 1.82) is 0 Å². The van der Waals surface area contributed by atoms with Crippen LogP contribution in [-0.4, -0.2) is 48.8 Å². The molecule has 2 atom stereocenters. The minimum absolute atomic E-state index is 0.00525. The zero-order valence-corrected chi connectivity index (χ0v) is 17.9. The number of fused-ring (bicyclic) bond motifs is 1. The summed E-state index contributed by atoms with van der Waals surface area (Å²) >= 11 is 7.60. The first kappa shape index (κ1) is 20.3. The van der Waals surface area contributed by atoms with E-state index in [9.17, 15) is 13.2 Å². The van der Waals surface area contributed by atoms with Crippen molar-refractivity contribution in [2.45, 2.75) is 17.7 Å². The fourth-order valence-corrected chi connectivity index (χ4v) is 7.26. The SMILES string of the molecule is O=C(NCCc1ccccc1Cl)c1ccc(NC2=N[C@H]3CS(=O)(=O)C[C@@H]3S2)cc1. The molecule has 0 unspecified atom stereocenters. The number of nitrogens with zero attached hydrogens (tertiary/aromatic N) is 1. The van der Waals surface area contributed by atoms with Crippen molar-refractivity contribution in [3.8, 4) is 0 Å². The quantitative estimate of drug-likeness (QED) is 0.732. The van der Waals surface area contributed by atoms with Crippen LogP contribution in [0.1, 0.15) is 15.9 Å². The lowest BCUT2D eigenvalue weighted by Gasteiger charge is -2.09. The summed E-state index contributed by atoms with van der Waals surface area (Å²) in [6, 6.07) is 14.6. The van der Waals surface area contributed by atoms with Crippen LogP contribution in [0.3, 0.4) is 0 Å². The highest BCUT2D eigenvalue weighted by atomic mass is 35.5. The van der Waals surface area contributed by atoms with Crippen LogP contribution in [0, 0.1) is 0 Å². The number of amidine groups is 1. The second kappa shape index (κ2) is 8.38. The van der Waals surface area contributed by atoms with Crippen molar-refractivity contribution >= 4 is 50.0 Å². The van der Waals surface area contributed by atoms with Crippen LogP contribution in [0.15, 0.2) is 53.5 Å². The molecule has 0 aliphatic carbocycles. The number of sulfone groups is 1. The zero-order valence-electron chi connectivity index (χ0n) is 15.5. The number of hydrogen-bond acceptors (Lipinski definition) is 6. The van der Waals surface area contributed by atoms with Gasteiger partial charge in [-0.2, -0.15) is 0 Å². The van der Waals surface area contributed by atoms with Gasteiger partial charge in [0.2, 0.25) is 0 Å². The highest BCUT2D eigenvalue weighted by Crippen LogP contribution is 2.34. The maximum absolute atomic E-state index is 12.3. The number of hydrogen-bond donors (Lipinski definition) is 2. The molecule has 2 aromatic carbocycles. The average Bonchev–Trinajstić information content (AvgIpc) is 3.16. The van der Waals surface area contributed by atoms with Crippen molar-refractivity contribution in [2.75, 3.05) is 23.4 Å². The molecule has 1 amide bonds. The molecule has 152 valence electrons. The third-order valence-electron chi connectivity index (χ3n) is 4.85. The number of anilines is 1. The van der Waals surface area contributed by atoms with Gasteiger partial charge in [0.05, 0.1) is 17.5 Å². The van der Waals surface area contributed by atoms with E-state index in [1.165, 1.54) is 11.8 Å². The summed E-state index contributed by atoms with van der Waals surface area (Å²) in [5.74, 6) is 0.170. The number of amides is 1. The Labute approximate surface area is 179 Å². The van der Waals surface area contributed by atoms with Crippen molar-refractivity contribution in [2.24, 2.45) is 4.99 Å². The van der Waals surface area contributed by atoms with Gasteiger partial charge in [0.15, 0.2) is 15.0 Å². The lowest BCUT2D eigenvalue weighted by Crippen LogP contribution is -2.25. The second-order valence-electron chi connectivity index (χ2n) is 7.03. The molecule has 4 rings (SSSR count). The van der Waals surface area contributed by atoms with Crippen LogP contribution in [0.5, 0.6) is 0 Å². The van der Waals surface area contributed by atoms with Gasteiger partial charge in [0.25, 0.3) is 5.91 Å². The molecule has 2 aromatic rings. The van der Waals surface area contributed by atoms with Gasteiger partial charge in [-0.1, -0.05) is 41.6 Å². The topological polar surface area (TPSA) is 87.6 Å². The molecular weight excluding hydrogens is 430 g/mol. The number of thioether (sulfide) groups is 1. The normalized spacial score (nSPS) is 22.0. The van der Waals surface area contributed by atoms with Crippen LogP contribution < -0.4 is 10.6 Å². The summed E-state index contributed by atoms with van der Waals surface area (Å²) < 4.78 is 23.3. The van der Waals surface area contributed by atoms with Crippen LogP contribution >= 0.6 is 23.4 Å². The summed E-state index contributed by atoms with van der Waals surface area (Å²) in [5.41, 5.74) is 2.38. The van der Waals surface area contributed by atoms with Gasteiger partial charge >= 0.3 is 0 Å². The van der Waals surface area contributed by atoms with E-state index in [4.69, 9.17) is 11.6 Å². The fourth-order valence-electron chi connectivity index (χ4n) is 3.36. The molecule has 6 nitrogen and oxygen atoms in total. The van der Waals surface area contributed by atoms with E-state index in [0.29, 0.717) is 23.6 Å². The first-order valence-corrected chi connectivity index (χ1v) is 12.3. The van der Waals surface area contributed by atoms with Gasteiger partial charge in [-0.15, -0.1) is 0 Å². The molecule has 2 heterocycles. The molecular formula is C20H20ClN3O3S2. The van der Waals surface area contributed by atoms with Crippen molar-refractivity contribution in [3.05, 3.63) is 64.7 Å². The highest BCUT2D eigenvalue weighted by Gasteiger charge is 2.42. The van der Waals surface area contributed by atoms with Gasteiger partial charge in [-0.25, -0.2) is 8.42 Å². The maximum Gasteiger partial charge on any atom is 0.251 e. The highest BCUT2D eigenvalue weighted by molar-refractivity contribution is 8.15. The average molecular weight is 450 g/mol. The minimum atomic E-state index is -2.95. The first-order chi connectivity index (χ1) is 13.9. The molecule has 2 aliphatic rings. The second-order valence-corrected chi connectivity index (χ2v) is 10.8. The summed E-state index contributed by atoms with van der Waals surface area (Å²) in [6.45, 7) is 0.502. The molecule has 9 heteroatoms. The van der Waals surface area contributed by atoms with Crippen LogP contribution in [-0.2, 0) is 16.3 Å². The molecule has 2 aliphatic heterocycles. The standard InChI is InChI=1S/C20H20ClN3O3S2/c21-16-4-2-1-3-13(16)9-10-22-19(25)14-5-7-15(8-6-14)23-20-24-17-11-29(26,27)12-18(17)28-20/h1-8,17-18H,9-12H2,(H,22,25)(H,23,24)/t17-,18-/m0/s1. The first-order valence-electron chi connectivity index (χ1n) is 9.23. The number of aliphatic imine (C=N–C) groups is 1. The molecule has 1 saturated heterocycles. The summed E-state index contributed by atoms with van der Waals surface area (Å²) in [6.07, 6.45) is 0.667. The Morgan fingerprint density at radius 3 is 2.62 bits per heavy atom. The predicted molar refractivity (Wildman–Crippen MR) is 119 cm³/mol. The smallest absolute Gasteiger partial charge is 0.251 e. The van der Waals surface area contributed by atoms with E-state index >= 15 is 0 Å². The molecule has 29 heavy (non-hydrogen) atoms. The molecule has 0 saturated carbocycles. The minimum Gasteiger partial charge on any atom is -0.352 e. The Morgan fingerprint density at radius 1 is 1.14 bits per heavy atom. The molecule has 0 spiro atoms. The molecule has 0 radical (unpaired) electrons. The summed E-state index contributed by atoms with van der Waals surface area (Å²) in [7, 11) is -2.95. The third-order valence-corrected chi connectivity index (χ3v) is 8.36. The number of rotatable bonds is 5. The van der Waals surface area contributed by atoms with Gasteiger partial charge in [-0.05, 0) is 42.3 Å². The lowest BCUT2D eigenvalue weighted by atomic mass is 10.1. The Morgan fingerprint density at radius 2 is 1.90 bits per heavy atom. The largest absolute Gasteiger partial charge is 0.352 e. The Kier molecular flexibility index (Phi) is 5.85. The van der Waals surface area contributed by atoms with Crippen molar-refractivity contribution in [3.63, 3.8) is 0 Å². The molecule has 1 fully saturated rings.